The van der Waals surface area contributed by atoms with Gasteiger partial charge in [-0.15, -0.1) is 0 Å². The van der Waals surface area contributed by atoms with Crippen molar-refractivity contribution in [1.29, 1.82) is 5.26 Å². The van der Waals surface area contributed by atoms with E-state index >= 15 is 0 Å². The van der Waals surface area contributed by atoms with Gasteiger partial charge in [0, 0.05) is 21.2 Å². The number of nitrogens with one attached hydrogen (secondary N) is 1. The highest BCUT2D eigenvalue weighted by molar-refractivity contribution is 8.00. The van der Waals surface area contributed by atoms with Crippen LogP contribution in [0, 0.1) is 11.3 Å². The summed E-state index contributed by atoms with van der Waals surface area (Å²) in [6.45, 7) is 0. The van der Waals surface area contributed by atoms with Crippen LogP contribution >= 0.6 is 35.0 Å². The lowest BCUT2D eigenvalue weighted by atomic mass is 9.99. The van der Waals surface area contributed by atoms with Gasteiger partial charge in [0.1, 0.15) is 22.6 Å². The molecule has 4 rings (SSSR count). The van der Waals surface area contributed by atoms with Crippen LogP contribution in [-0.4, -0.2) is 30.9 Å². The number of thioether (sulfide) groups is 1. The Morgan fingerprint density at radius 2 is 1.62 bits per heavy atom. The molecule has 1 aromatic heterocycles. The molecule has 0 spiro atoms. The van der Waals surface area contributed by atoms with Crippen molar-refractivity contribution in [2.45, 2.75) is 5.03 Å². The van der Waals surface area contributed by atoms with Crippen LogP contribution in [0.5, 0.6) is 11.5 Å². The number of hydrogen-bond acceptors (Lipinski definition) is 6. The first-order valence-electron chi connectivity index (χ1n) is 11.0. The minimum Gasteiger partial charge on any atom is -0.497 e. The van der Waals surface area contributed by atoms with Crippen molar-refractivity contribution in [2.24, 2.45) is 0 Å². The molecule has 0 fully saturated rings. The number of hydrogen-bond donors (Lipinski definition) is 1. The second-order valence-electron chi connectivity index (χ2n) is 7.76. The number of nitriles is 1. The molecule has 0 bridgehead atoms. The second kappa shape index (κ2) is 12.0. The molecule has 0 aliphatic rings. The molecule has 6 nitrogen and oxygen atoms in total. The van der Waals surface area contributed by atoms with Gasteiger partial charge < -0.3 is 14.8 Å². The largest absolute Gasteiger partial charge is 0.497 e. The van der Waals surface area contributed by atoms with E-state index in [1.807, 2.05) is 42.5 Å². The number of pyridine rings is 1. The van der Waals surface area contributed by atoms with E-state index in [1.54, 1.807) is 37.4 Å². The molecule has 1 N–H and O–H groups in total. The van der Waals surface area contributed by atoms with Crippen LogP contribution in [0.4, 0.5) is 5.69 Å². The fraction of sp³-hybridized carbons (Fsp3) is 0.107. The molecular formula is C28H21Cl2N3O3S. The third kappa shape index (κ3) is 6.36. The van der Waals surface area contributed by atoms with Gasteiger partial charge >= 0.3 is 0 Å². The number of benzene rings is 3. The van der Waals surface area contributed by atoms with Crippen LogP contribution in [0.1, 0.15) is 5.56 Å². The smallest absolute Gasteiger partial charge is 0.234 e. The van der Waals surface area contributed by atoms with Crippen LogP contribution < -0.4 is 14.8 Å². The van der Waals surface area contributed by atoms with E-state index in [9.17, 15) is 10.1 Å². The summed E-state index contributed by atoms with van der Waals surface area (Å²) < 4.78 is 10.6. The van der Waals surface area contributed by atoms with E-state index in [0.29, 0.717) is 49.1 Å². The highest BCUT2D eigenvalue weighted by Gasteiger charge is 2.18. The van der Waals surface area contributed by atoms with Crippen molar-refractivity contribution < 1.29 is 14.3 Å². The maximum Gasteiger partial charge on any atom is 0.234 e. The van der Waals surface area contributed by atoms with Gasteiger partial charge in [0.05, 0.1) is 36.9 Å². The third-order valence-corrected chi connectivity index (χ3v) is 6.88. The van der Waals surface area contributed by atoms with Crippen LogP contribution in [0.2, 0.25) is 10.0 Å². The van der Waals surface area contributed by atoms with Crippen molar-refractivity contribution in [3.05, 3.63) is 88.4 Å². The molecule has 0 aliphatic heterocycles. The lowest BCUT2D eigenvalue weighted by Crippen LogP contribution is -2.15. The molecule has 0 atom stereocenters. The summed E-state index contributed by atoms with van der Waals surface area (Å²) >= 11 is 13.3. The number of nitrogens with zero attached hydrogens (tertiary/aromatic N) is 2. The Morgan fingerprint density at radius 1 is 0.946 bits per heavy atom. The van der Waals surface area contributed by atoms with E-state index < -0.39 is 0 Å². The monoisotopic (exact) mass is 549 g/mol. The quantitative estimate of drug-likeness (QED) is 0.231. The van der Waals surface area contributed by atoms with Gasteiger partial charge in [-0.3, -0.25) is 4.79 Å². The molecular weight excluding hydrogens is 529 g/mol. The lowest BCUT2D eigenvalue weighted by molar-refractivity contribution is -0.113. The first-order valence-corrected chi connectivity index (χ1v) is 12.8. The molecule has 0 saturated carbocycles. The van der Waals surface area contributed by atoms with Crippen molar-refractivity contribution in [3.8, 4) is 40.0 Å². The Bertz CT molecular complexity index is 1470. The molecule has 9 heteroatoms. The molecule has 37 heavy (non-hydrogen) atoms. The number of ether oxygens (including phenoxy) is 2. The second-order valence-corrected chi connectivity index (χ2v) is 9.60. The van der Waals surface area contributed by atoms with Crippen LogP contribution in [0.15, 0.2) is 77.8 Å². The average Bonchev–Trinajstić information content (AvgIpc) is 2.92. The number of rotatable bonds is 8. The normalized spacial score (nSPS) is 10.5. The number of carbonyl (C=O) groups excluding carboxylic acids is 1. The van der Waals surface area contributed by atoms with Gasteiger partial charge in [0.15, 0.2) is 0 Å². The molecule has 0 radical (unpaired) electrons. The third-order valence-electron chi connectivity index (χ3n) is 5.41. The van der Waals surface area contributed by atoms with Gasteiger partial charge in [0.25, 0.3) is 0 Å². The summed E-state index contributed by atoms with van der Waals surface area (Å²) in [5, 5.41) is 14.4. The highest BCUT2D eigenvalue weighted by atomic mass is 35.5. The SMILES string of the molecule is COc1ccc(-c2cc(-c3ccc(Cl)cc3)nc(SCC(=O)Nc3cc(Cl)ccc3OC)c2C#N)cc1. The number of aromatic nitrogens is 1. The van der Waals surface area contributed by atoms with Crippen LogP contribution in [0.3, 0.4) is 0 Å². The first-order chi connectivity index (χ1) is 17.9. The first kappa shape index (κ1) is 26.4. The fourth-order valence-electron chi connectivity index (χ4n) is 3.60. The van der Waals surface area contributed by atoms with Crippen molar-refractivity contribution >= 4 is 46.6 Å². The fourth-order valence-corrected chi connectivity index (χ4v) is 4.70. The molecule has 0 saturated heterocycles. The number of amides is 1. The topological polar surface area (TPSA) is 84.2 Å². The van der Waals surface area contributed by atoms with E-state index in [4.69, 9.17) is 37.7 Å². The van der Waals surface area contributed by atoms with Crippen molar-refractivity contribution in [2.75, 3.05) is 25.3 Å². The molecule has 0 unspecified atom stereocenters. The number of carbonyl (C=O) groups is 1. The van der Waals surface area contributed by atoms with Gasteiger partial charge in [-0.25, -0.2) is 4.98 Å². The zero-order chi connectivity index (χ0) is 26.4. The lowest BCUT2D eigenvalue weighted by Gasteiger charge is -2.14. The van der Waals surface area contributed by atoms with E-state index in [2.05, 4.69) is 11.4 Å². The van der Waals surface area contributed by atoms with Gasteiger partial charge in [-0.2, -0.15) is 5.26 Å². The zero-order valence-electron chi connectivity index (χ0n) is 19.9. The van der Waals surface area contributed by atoms with Crippen LogP contribution in [-0.2, 0) is 4.79 Å². The summed E-state index contributed by atoms with van der Waals surface area (Å²) in [6.07, 6.45) is 0. The van der Waals surface area contributed by atoms with Gasteiger partial charge in [-0.1, -0.05) is 59.2 Å². The Morgan fingerprint density at radius 3 is 2.27 bits per heavy atom. The Labute approximate surface area is 229 Å². The van der Waals surface area contributed by atoms with Crippen molar-refractivity contribution in [1.82, 2.24) is 4.98 Å². The van der Waals surface area contributed by atoms with Crippen LogP contribution in [0.25, 0.3) is 22.4 Å². The van der Waals surface area contributed by atoms with Gasteiger partial charge in [-0.05, 0) is 54.1 Å². The molecule has 1 amide bonds. The molecule has 3 aromatic carbocycles. The van der Waals surface area contributed by atoms with Gasteiger partial charge in [0.2, 0.25) is 5.91 Å². The maximum absolute atomic E-state index is 12.8. The summed E-state index contributed by atoms with van der Waals surface area (Å²) in [6, 6.07) is 23.8. The maximum atomic E-state index is 12.8. The summed E-state index contributed by atoms with van der Waals surface area (Å²) in [5.41, 5.74) is 3.85. The Hall–Kier alpha value is -3.70. The number of methoxy groups -OCH3 is 2. The summed E-state index contributed by atoms with van der Waals surface area (Å²) in [4.78, 5) is 17.5. The predicted octanol–water partition coefficient (Wildman–Crippen LogP) is 7.34. The molecule has 4 aromatic rings. The molecule has 186 valence electrons. The number of halogens is 2. The highest BCUT2D eigenvalue weighted by Crippen LogP contribution is 2.35. The average molecular weight is 550 g/mol. The minimum absolute atomic E-state index is 0.0173. The standard InChI is InChI=1S/C28H21Cl2N3O3S/c1-35-21-10-5-17(6-11-21)22-14-24(18-3-7-19(29)8-4-18)33-28(23(22)15-31)37-16-27(34)32-25-13-20(30)9-12-26(25)36-2/h3-14H,16H2,1-2H3,(H,32,34). The molecule has 1 heterocycles. The van der Waals surface area contributed by atoms with E-state index in [0.717, 1.165) is 11.1 Å². The summed E-state index contributed by atoms with van der Waals surface area (Å²) in [7, 11) is 3.11. The predicted molar refractivity (Wildman–Crippen MR) is 149 cm³/mol. The summed E-state index contributed by atoms with van der Waals surface area (Å²) in [5.74, 6) is 0.921. The zero-order valence-corrected chi connectivity index (χ0v) is 22.2. The molecule has 0 aliphatic carbocycles. The van der Waals surface area contributed by atoms with E-state index in [-0.39, 0.29) is 11.7 Å². The minimum atomic E-state index is -0.292. The Kier molecular flexibility index (Phi) is 8.57. The van der Waals surface area contributed by atoms with Crippen molar-refractivity contribution in [3.63, 3.8) is 0 Å². The number of anilines is 1. The van der Waals surface area contributed by atoms with E-state index in [1.165, 1.54) is 18.9 Å². The Balaban J connectivity index is 1.69.